The van der Waals surface area contributed by atoms with Gasteiger partial charge in [-0.25, -0.2) is 9.18 Å². The number of rotatable bonds is 14. The molecule has 0 unspecified atom stereocenters. The van der Waals surface area contributed by atoms with E-state index in [0.717, 1.165) is 11.6 Å². The fraction of sp³-hybridized carbons (Fsp3) is 0.355. The molecule has 0 aliphatic rings. The van der Waals surface area contributed by atoms with E-state index in [-0.39, 0.29) is 47.9 Å². The number of nitrogens with two attached hydrogens (primary N) is 3. The zero-order valence-corrected chi connectivity index (χ0v) is 25.6. The second kappa shape index (κ2) is 14.6. The number of aromatic amines is 1. The molecular formula is C31H36F4N8O4. The van der Waals surface area contributed by atoms with E-state index in [0.29, 0.717) is 35.9 Å². The number of fused-ring (bicyclic) bond motifs is 1. The zero-order chi connectivity index (χ0) is 34.5. The van der Waals surface area contributed by atoms with Crippen LogP contribution in [-0.2, 0) is 11.2 Å². The van der Waals surface area contributed by atoms with Crippen molar-refractivity contribution in [3.05, 3.63) is 76.1 Å². The van der Waals surface area contributed by atoms with Crippen molar-refractivity contribution in [3.63, 3.8) is 0 Å². The number of hydrogen-bond acceptors (Lipinski definition) is 7. The smallest absolute Gasteiger partial charge is 0.480 e. The maximum Gasteiger partial charge on any atom is 0.573 e. The first kappa shape index (κ1) is 34.9. The Morgan fingerprint density at radius 3 is 2.47 bits per heavy atom. The Hall–Kier alpha value is -4.96. The molecule has 9 N–H and O–H groups in total. The number of carboxylic acids is 1. The molecule has 2 aromatic carbocycles. The van der Waals surface area contributed by atoms with Gasteiger partial charge in [0, 0.05) is 35.8 Å². The van der Waals surface area contributed by atoms with Gasteiger partial charge in [0.25, 0.3) is 0 Å². The molecule has 12 nitrogen and oxygen atoms in total. The number of aromatic nitrogens is 3. The predicted molar refractivity (Wildman–Crippen MR) is 169 cm³/mol. The van der Waals surface area contributed by atoms with Gasteiger partial charge in [0.1, 0.15) is 11.7 Å². The standard InChI is InChI=1S/C31H36F4N8O4/c1-16(36)4-3-5-18-12-22(26(32)25(13-18)47-31(33,34)35)24-14-20-15-43(30(46)42-27(20)41-24)21-8-6-19(7-9-21)17(2)40-23(28(44)45)10-11-39-29(37)38/h6-9,12-17,23,40H,3-5,10-11,36H2,1-2H3,(H,44,45)(H4,37,38,39)(H,41,42,46)/t16-,17-,23-/m0/s1. The van der Waals surface area contributed by atoms with Crippen LogP contribution < -0.4 is 32.9 Å². The molecule has 3 atom stereocenters. The van der Waals surface area contributed by atoms with Gasteiger partial charge >= 0.3 is 18.0 Å². The van der Waals surface area contributed by atoms with Gasteiger partial charge in [-0.1, -0.05) is 12.1 Å². The van der Waals surface area contributed by atoms with Crippen LogP contribution in [0.25, 0.3) is 28.0 Å². The molecule has 2 heterocycles. The van der Waals surface area contributed by atoms with Crippen LogP contribution >= 0.6 is 0 Å². The summed E-state index contributed by atoms with van der Waals surface area (Å²) >= 11 is 0. The van der Waals surface area contributed by atoms with E-state index >= 15 is 4.39 Å². The largest absolute Gasteiger partial charge is 0.573 e. The van der Waals surface area contributed by atoms with Crippen molar-refractivity contribution in [3.8, 4) is 22.7 Å². The summed E-state index contributed by atoms with van der Waals surface area (Å²) in [5, 5.41) is 13.0. The lowest BCUT2D eigenvalue weighted by Gasteiger charge is -2.20. The minimum absolute atomic E-state index is 0.103. The quantitative estimate of drug-likeness (QED) is 0.0660. The summed E-state index contributed by atoms with van der Waals surface area (Å²) in [5.74, 6) is -3.39. The van der Waals surface area contributed by atoms with Crippen LogP contribution in [0.15, 0.2) is 58.4 Å². The van der Waals surface area contributed by atoms with E-state index in [4.69, 9.17) is 17.2 Å². The SMILES string of the molecule is C[C@H](N)CCCc1cc(OC(F)(F)F)c(F)c(-c2cc3cn(-c4ccc([C@H](C)N[C@@H](CCN=C(N)N)C(=O)O)cc4)c(=O)nc3[nH]2)c1. The number of carboxylic acid groups (broad SMARTS) is 1. The maximum absolute atomic E-state index is 15.4. The van der Waals surface area contributed by atoms with Crippen LogP contribution in [0.2, 0.25) is 0 Å². The fourth-order valence-electron chi connectivity index (χ4n) is 5.07. The van der Waals surface area contributed by atoms with Crippen molar-refractivity contribution in [2.45, 2.75) is 64.0 Å². The fourth-order valence-corrected chi connectivity index (χ4v) is 5.07. The van der Waals surface area contributed by atoms with E-state index in [9.17, 15) is 27.9 Å². The first-order valence-electron chi connectivity index (χ1n) is 14.7. The van der Waals surface area contributed by atoms with E-state index in [2.05, 4.69) is 25.0 Å². The highest BCUT2D eigenvalue weighted by atomic mass is 19.4. The Labute approximate surface area is 266 Å². The number of H-pyrrole nitrogens is 1. The Morgan fingerprint density at radius 2 is 1.85 bits per heavy atom. The number of benzene rings is 2. The summed E-state index contributed by atoms with van der Waals surface area (Å²) in [4.78, 5) is 35.4. The Kier molecular flexibility index (Phi) is 10.9. The monoisotopic (exact) mass is 660 g/mol. The average molecular weight is 661 g/mol. The summed E-state index contributed by atoms with van der Waals surface area (Å²) < 4.78 is 59.9. The van der Waals surface area contributed by atoms with Crippen molar-refractivity contribution in [2.75, 3.05) is 6.54 Å². The second-order valence-corrected chi connectivity index (χ2v) is 11.2. The first-order valence-corrected chi connectivity index (χ1v) is 14.7. The summed E-state index contributed by atoms with van der Waals surface area (Å²) in [6.07, 6.45) is -1.95. The molecule has 4 aromatic rings. The number of carbonyl (C=O) groups is 1. The molecule has 0 saturated heterocycles. The van der Waals surface area contributed by atoms with Gasteiger partial charge in [0.05, 0.1) is 11.4 Å². The van der Waals surface area contributed by atoms with Gasteiger partial charge in [-0.3, -0.25) is 19.7 Å². The van der Waals surface area contributed by atoms with E-state index in [1.165, 1.54) is 22.9 Å². The normalized spacial score (nSPS) is 13.7. The number of hydrogen-bond donors (Lipinski definition) is 6. The Bertz CT molecular complexity index is 1800. The minimum Gasteiger partial charge on any atom is -0.480 e. The van der Waals surface area contributed by atoms with Crippen molar-refractivity contribution in [2.24, 2.45) is 22.2 Å². The second-order valence-electron chi connectivity index (χ2n) is 11.2. The number of ether oxygens (including phenoxy) is 1. The Morgan fingerprint density at radius 1 is 1.15 bits per heavy atom. The van der Waals surface area contributed by atoms with Crippen molar-refractivity contribution < 1.29 is 32.2 Å². The molecule has 2 aromatic heterocycles. The third-order valence-electron chi connectivity index (χ3n) is 7.38. The highest BCUT2D eigenvalue weighted by molar-refractivity contribution is 5.83. The van der Waals surface area contributed by atoms with Gasteiger partial charge in [-0.05, 0) is 81.0 Å². The molecular weight excluding hydrogens is 624 g/mol. The number of nitrogens with zero attached hydrogens (tertiary/aromatic N) is 3. The summed E-state index contributed by atoms with van der Waals surface area (Å²) in [5.41, 5.74) is 17.4. The molecule has 252 valence electrons. The van der Waals surface area contributed by atoms with E-state index < -0.39 is 35.6 Å². The molecule has 0 amide bonds. The van der Waals surface area contributed by atoms with Gasteiger partial charge < -0.3 is 32.0 Å². The highest BCUT2D eigenvalue weighted by Gasteiger charge is 2.33. The number of alkyl halides is 3. The average Bonchev–Trinajstić information content (AvgIpc) is 3.39. The number of aryl methyl sites for hydroxylation is 1. The number of aliphatic carboxylic acids is 1. The number of aliphatic imine (C=N–C) groups is 1. The van der Waals surface area contributed by atoms with Gasteiger partial charge in [0.15, 0.2) is 17.5 Å². The lowest BCUT2D eigenvalue weighted by atomic mass is 10.0. The summed E-state index contributed by atoms with van der Waals surface area (Å²) in [6, 6.07) is 9.26. The van der Waals surface area contributed by atoms with Crippen LogP contribution in [0, 0.1) is 5.82 Å². The highest BCUT2D eigenvalue weighted by Crippen LogP contribution is 2.35. The van der Waals surface area contributed by atoms with Crippen LogP contribution in [0.1, 0.15) is 50.3 Å². The number of nitrogens with one attached hydrogen (secondary N) is 2. The number of guanidine groups is 1. The first-order chi connectivity index (χ1) is 22.1. The lowest BCUT2D eigenvalue weighted by molar-refractivity contribution is -0.275. The van der Waals surface area contributed by atoms with Crippen LogP contribution in [0.3, 0.4) is 0 Å². The molecule has 4 rings (SSSR count). The summed E-state index contributed by atoms with van der Waals surface area (Å²) in [7, 11) is 0. The molecule has 16 heteroatoms. The van der Waals surface area contributed by atoms with Gasteiger partial charge in [0.2, 0.25) is 0 Å². The van der Waals surface area contributed by atoms with Gasteiger partial charge in [-0.15, -0.1) is 13.2 Å². The molecule has 47 heavy (non-hydrogen) atoms. The van der Waals surface area contributed by atoms with Crippen LogP contribution in [0.4, 0.5) is 17.6 Å². The van der Waals surface area contributed by atoms with E-state index in [1.807, 2.05) is 6.92 Å². The maximum atomic E-state index is 15.4. The third-order valence-corrected chi connectivity index (χ3v) is 7.38. The van der Waals surface area contributed by atoms with Crippen LogP contribution in [0.5, 0.6) is 5.75 Å². The number of halogens is 4. The third kappa shape index (κ3) is 9.29. The zero-order valence-electron chi connectivity index (χ0n) is 25.6. The van der Waals surface area contributed by atoms with Gasteiger partial charge in [-0.2, -0.15) is 4.98 Å². The van der Waals surface area contributed by atoms with E-state index in [1.54, 1.807) is 31.2 Å². The summed E-state index contributed by atoms with van der Waals surface area (Å²) in [6.45, 7) is 3.72. The van der Waals surface area contributed by atoms with Crippen molar-refractivity contribution in [1.82, 2.24) is 19.9 Å². The molecule has 0 aliphatic carbocycles. The minimum atomic E-state index is -5.11. The van der Waals surface area contributed by atoms with Crippen molar-refractivity contribution in [1.29, 1.82) is 0 Å². The molecule has 0 saturated carbocycles. The lowest BCUT2D eigenvalue weighted by Crippen LogP contribution is -2.39. The molecule has 0 fully saturated rings. The molecule has 0 aliphatic heterocycles. The topological polar surface area (TPSA) is 200 Å². The Balaban J connectivity index is 1.61. The molecule has 0 spiro atoms. The molecule has 0 radical (unpaired) electrons. The van der Waals surface area contributed by atoms with Crippen molar-refractivity contribution >= 4 is 23.0 Å². The van der Waals surface area contributed by atoms with Crippen LogP contribution in [-0.4, -0.2) is 56.6 Å². The molecule has 0 bridgehead atoms. The predicted octanol–water partition coefficient (Wildman–Crippen LogP) is 3.86.